The normalized spacial score (nSPS) is 16.9. The highest BCUT2D eigenvalue weighted by atomic mass is 16.5. The van der Waals surface area contributed by atoms with E-state index >= 15 is 0 Å². The number of aliphatic imine (C=N–C) groups is 1. The van der Waals surface area contributed by atoms with Crippen molar-refractivity contribution >= 4 is 5.96 Å². The van der Waals surface area contributed by atoms with E-state index < -0.39 is 0 Å². The number of nitrogens with zero attached hydrogens (tertiary/aromatic N) is 3. The lowest BCUT2D eigenvalue weighted by atomic mass is 10.1. The fraction of sp³-hybridized carbons (Fsp3) is 0.708. The molecular formula is C24H43N5O2. The Bertz CT molecular complexity index is 659. The van der Waals surface area contributed by atoms with Gasteiger partial charge in [0.15, 0.2) is 5.96 Å². The quantitative estimate of drug-likeness (QED) is 0.300. The molecule has 0 spiro atoms. The van der Waals surface area contributed by atoms with Crippen molar-refractivity contribution in [2.45, 2.75) is 34.2 Å². The summed E-state index contributed by atoms with van der Waals surface area (Å²) < 4.78 is 11.3. The van der Waals surface area contributed by atoms with Crippen molar-refractivity contribution in [3.05, 3.63) is 29.3 Å². The number of hydrogen-bond acceptors (Lipinski definition) is 5. The van der Waals surface area contributed by atoms with Gasteiger partial charge in [-0.05, 0) is 37.9 Å². The lowest BCUT2D eigenvalue weighted by Crippen LogP contribution is -2.48. The number of rotatable bonds is 12. The Morgan fingerprint density at radius 3 is 2.52 bits per heavy atom. The molecule has 1 unspecified atom stereocenters. The molecule has 0 aromatic heterocycles. The van der Waals surface area contributed by atoms with Gasteiger partial charge in [0.05, 0.1) is 6.61 Å². The molecule has 2 N–H and O–H groups in total. The molecule has 1 aromatic rings. The van der Waals surface area contributed by atoms with Crippen molar-refractivity contribution in [1.29, 1.82) is 0 Å². The van der Waals surface area contributed by atoms with Crippen LogP contribution < -0.4 is 15.4 Å². The Kier molecular flexibility index (Phi) is 11.7. The summed E-state index contributed by atoms with van der Waals surface area (Å²) in [6.45, 7) is 19.1. The van der Waals surface area contributed by atoms with Crippen molar-refractivity contribution in [2.24, 2.45) is 10.9 Å². The number of likely N-dealkylation sites (N-methyl/N-ethyl adjacent to an activating group) is 1. The SMILES string of the molecule is CCOCCOc1cc(C)ccc1CNC(=NC)NCC(C)CN1CCN(CC)CC1. The van der Waals surface area contributed by atoms with Gasteiger partial charge in [0.1, 0.15) is 12.4 Å². The van der Waals surface area contributed by atoms with Gasteiger partial charge in [-0.3, -0.25) is 4.99 Å². The minimum Gasteiger partial charge on any atom is -0.491 e. The number of ether oxygens (including phenoxy) is 2. The molecule has 1 aromatic carbocycles. The molecule has 2 rings (SSSR count). The molecule has 1 fully saturated rings. The first-order chi connectivity index (χ1) is 15.0. The van der Waals surface area contributed by atoms with Gasteiger partial charge in [0.2, 0.25) is 0 Å². The van der Waals surface area contributed by atoms with E-state index in [1.165, 1.54) is 31.7 Å². The summed E-state index contributed by atoms with van der Waals surface area (Å²) in [7, 11) is 1.82. The van der Waals surface area contributed by atoms with E-state index in [-0.39, 0.29) is 0 Å². The van der Waals surface area contributed by atoms with Crippen LogP contribution in [0.2, 0.25) is 0 Å². The molecule has 1 aliphatic heterocycles. The Morgan fingerprint density at radius 1 is 1.10 bits per heavy atom. The molecule has 1 atom stereocenters. The van der Waals surface area contributed by atoms with Crippen LogP contribution in [0.25, 0.3) is 0 Å². The topological polar surface area (TPSA) is 61.4 Å². The predicted molar refractivity (Wildman–Crippen MR) is 129 cm³/mol. The van der Waals surface area contributed by atoms with Gasteiger partial charge >= 0.3 is 0 Å². The Labute approximate surface area is 189 Å². The van der Waals surface area contributed by atoms with E-state index in [0.717, 1.165) is 36.9 Å². The molecular weight excluding hydrogens is 390 g/mol. The first-order valence-corrected chi connectivity index (χ1v) is 11.7. The van der Waals surface area contributed by atoms with Crippen LogP contribution in [0.1, 0.15) is 31.9 Å². The highest BCUT2D eigenvalue weighted by molar-refractivity contribution is 5.79. The third-order valence-corrected chi connectivity index (χ3v) is 5.68. The van der Waals surface area contributed by atoms with E-state index in [9.17, 15) is 0 Å². The summed E-state index contributed by atoms with van der Waals surface area (Å²) in [6, 6.07) is 6.31. The molecule has 0 radical (unpaired) electrons. The molecule has 0 aliphatic carbocycles. The van der Waals surface area contributed by atoms with Gasteiger partial charge in [-0.2, -0.15) is 0 Å². The molecule has 1 saturated heterocycles. The molecule has 7 nitrogen and oxygen atoms in total. The molecule has 1 heterocycles. The van der Waals surface area contributed by atoms with Crippen molar-refractivity contribution in [2.75, 3.05) is 72.7 Å². The Morgan fingerprint density at radius 2 is 1.84 bits per heavy atom. The van der Waals surface area contributed by atoms with E-state index in [0.29, 0.717) is 32.3 Å². The third-order valence-electron chi connectivity index (χ3n) is 5.68. The summed E-state index contributed by atoms with van der Waals surface area (Å²) in [6.07, 6.45) is 0. The summed E-state index contributed by atoms with van der Waals surface area (Å²) >= 11 is 0. The van der Waals surface area contributed by atoms with Crippen LogP contribution in [-0.4, -0.2) is 88.4 Å². The summed E-state index contributed by atoms with van der Waals surface area (Å²) in [5, 5.41) is 6.91. The summed E-state index contributed by atoms with van der Waals surface area (Å²) in [5.41, 5.74) is 2.30. The number of benzene rings is 1. The van der Waals surface area contributed by atoms with Gasteiger partial charge in [-0.1, -0.05) is 26.0 Å². The number of aryl methyl sites for hydroxylation is 1. The molecule has 176 valence electrons. The standard InChI is InChI=1S/C24H43N5O2/c1-6-28-10-12-29(13-11-28)19-21(4)17-26-24(25-5)27-18-22-9-8-20(3)16-23(22)31-15-14-30-7-2/h8-9,16,21H,6-7,10-15,17-19H2,1-5H3,(H2,25,26,27). The number of guanidine groups is 1. The van der Waals surface area contributed by atoms with Crippen LogP contribution in [0.4, 0.5) is 0 Å². The van der Waals surface area contributed by atoms with Crippen LogP contribution in [0, 0.1) is 12.8 Å². The fourth-order valence-electron chi connectivity index (χ4n) is 3.76. The first-order valence-electron chi connectivity index (χ1n) is 11.7. The van der Waals surface area contributed by atoms with E-state index in [1.54, 1.807) is 0 Å². The summed E-state index contributed by atoms with van der Waals surface area (Å²) in [5.74, 6) is 2.29. The molecule has 7 heteroatoms. The first kappa shape index (κ1) is 25.4. The zero-order chi connectivity index (χ0) is 22.5. The van der Waals surface area contributed by atoms with Crippen molar-refractivity contribution < 1.29 is 9.47 Å². The van der Waals surface area contributed by atoms with Crippen LogP contribution in [0.15, 0.2) is 23.2 Å². The number of nitrogens with one attached hydrogen (secondary N) is 2. The fourth-order valence-corrected chi connectivity index (χ4v) is 3.76. The van der Waals surface area contributed by atoms with E-state index in [4.69, 9.17) is 9.47 Å². The second kappa shape index (κ2) is 14.3. The zero-order valence-corrected chi connectivity index (χ0v) is 20.2. The Hall–Kier alpha value is -1.83. The lowest BCUT2D eigenvalue weighted by molar-refractivity contribution is 0.110. The highest BCUT2D eigenvalue weighted by Crippen LogP contribution is 2.20. The van der Waals surface area contributed by atoms with Crippen LogP contribution >= 0.6 is 0 Å². The lowest BCUT2D eigenvalue weighted by Gasteiger charge is -2.35. The van der Waals surface area contributed by atoms with Crippen molar-refractivity contribution in [1.82, 2.24) is 20.4 Å². The molecule has 31 heavy (non-hydrogen) atoms. The third kappa shape index (κ3) is 9.46. The second-order valence-corrected chi connectivity index (χ2v) is 8.30. The Balaban J connectivity index is 1.76. The van der Waals surface area contributed by atoms with Crippen molar-refractivity contribution in [3.63, 3.8) is 0 Å². The maximum atomic E-state index is 5.95. The van der Waals surface area contributed by atoms with Crippen molar-refractivity contribution in [3.8, 4) is 5.75 Å². The minimum absolute atomic E-state index is 0.557. The monoisotopic (exact) mass is 433 g/mol. The van der Waals surface area contributed by atoms with Gasteiger partial charge in [0, 0.05) is 65.0 Å². The average Bonchev–Trinajstić information content (AvgIpc) is 2.78. The molecule has 0 amide bonds. The second-order valence-electron chi connectivity index (χ2n) is 8.30. The highest BCUT2D eigenvalue weighted by Gasteiger charge is 2.17. The largest absolute Gasteiger partial charge is 0.491 e. The van der Waals surface area contributed by atoms with E-state index in [2.05, 4.69) is 64.4 Å². The number of piperazine rings is 1. The molecule has 1 aliphatic rings. The van der Waals surface area contributed by atoms with Crippen LogP contribution in [-0.2, 0) is 11.3 Å². The van der Waals surface area contributed by atoms with Crippen LogP contribution in [0.3, 0.4) is 0 Å². The van der Waals surface area contributed by atoms with Crippen LogP contribution in [0.5, 0.6) is 5.75 Å². The predicted octanol–water partition coefficient (Wildman–Crippen LogP) is 2.35. The van der Waals surface area contributed by atoms with Gasteiger partial charge in [0.25, 0.3) is 0 Å². The molecule has 0 saturated carbocycles. The molecule has 0 bridgehead atoms. The maximum Gasteiger partial charge on any atom is 0.191 e. The van der Waals surface area contributed by atoms with Gasteiger partial charge < -0.3 is 29.9 Å². The summed E-state index contributed by atoms with van der Waals surface area (Å²) in [4.78, 5) is 9.49. The van der Waals surface area contributed by atoms with Gasteiger partial charge in [-0.15, -0.1) is 0 Å². The maximum absolute atomic E-state index is 5.95. The zero-order valence-electron chi connectivity index (χ0n) is 20.2. The smallest absolute Gasteiger partial charge is 0.191 e. The van der Waals surface area contributed by atoms with E-state index in [1.807, 2.05) is 14.0 Å². The average molecular weight is 434 g/mol. The minimum atomic E-state index is 0.557. The number of hydrogen-bond donors (Lipinski definition) is 2. The van der Waals surface area contributed by atoms with Gasteiger partial charge in [-0.25, -0.2) is 0 Å².